The second-order valence-electron chi connectivity index (χ2n) is 4.68. The Morgan fingerprint density at radius 3 is 2.41 bits per heavy atom. The van der Waals surface area contributed by atoms with Crippen molar-refractivity contribution in [2.75, 3.05) is 20.3 Å². The number of hydrogen-bond donors (Lipinski definition) is 1. The lowest BCUT2D eigenvalue weighted by molar-refractivity contribution is 0.166. The average Bonchev–Trinajstić information content (AvgIpc) is 2.31. The lowest BCUT2D eigenvalue weighted by atomic mass is 9.96. The molecule has 1 aromatic rings. The lowest BCUT2D eigenvalue weighted by Gasteiger charge is -2.20. The quantitative estimate of drug-likeness (QED) is 0.784. The zero-order chi connectivity index (χ0) is 12.7. The topological polar surface area (TPSA) is 21.3 Å². The molecule has 0 saturated heterocycles. The molecule has 1 aromatic carbocycles. The molecular weight excluding hydrogens is 210 g/mol. The predicted molar refractivity (Wildman–Crippen MR) is 73.6 cm³/mol. The van der Waals surface area contributed by atoms with E-state index in [4.69, 9.17) is 4.74 Å². The molecule has 0 radical (unpaired) electrons. The first-order chi connectivity index (χ1) is 8.19. The molecular formula is C15H25NO. The summed E-state index contributed by atoms with van der Waals surface area (Å²) in [6.07, 6.45) is 2.21. The molecule has 0 fully saturated rings. The van der Waals surface area contributed by atoms with Crippen LogP contribution in [0.3, 0.4) is 0 Å². The van der Waals surface area contributed by atoms with Crippen molar-refractivity contribution in [3.63, 3.8) is 0 Å². The van der Waals surface area contributed by atoms with Crippen molar-refractivity contribution in [3.05, 3.63) is 34.9 Å². The number of ether oxygens (including phenoxy) is 1. The monoisotopic (exact) mass is 235 g/mol. The summed E-state index contributed by atoms with van der Waals surface area (Å²) in [5.74, 6) is 0. The van der Waals surface area contributed by atoms with E-state index < -0.39 is 0 Å². The molecule has 2 heteroatoms. The lowest BCUT2D eigenvalue weighted by Crippen LogP contribution is -2.36. The second kappa shape index (κ2) is 7.46. The van der Waals surface area contributed by atoms with E-state index in [2.05, 4.69) is 44.3 Å². The van der Waals surface area contributed by atoms with Crippen LogP contribution in [0.4, 0.5) is 0 Å². The van der Waals surface area contributed by atoms with Crippen LogP contribution in [0.25, 0.3) is 0 Å². The number of hydrogen-bond acceptors (Lipinski definition) is 2. The van der Waals surface area contributed by atoms with E-state index in [-0.39, 0.29) is 0 Å². The Balaban J connectivity index is 2.70. The molecule has 0 heterocycles. The third-order valence-electron chi connectivity index (χ3n) is 3.15. The zero-order valence-corrected chi connectivity index (χ0v) is 11.5. The van der Waals surface area contributed by atoms with Crippen LogP contribution in [0.15, 0.2) is 18.2 Å². The van der Waals surface area contributed by atoms with Crippen LogP contribution in [-0.2, 0) is 11.2 Å². The number of rotatable bonds is 7. The Morgan fingerprint density at radius 1 is 1.24 bits per heavy atom. The van der Waals surface area contributed by atoms with Gasteiger partial charge in [-0.05, 0) is 49.9 Å². The summed E-state index contributed by atoms with van der Waals surface area (Å²) in [7, 11) is 1.77. The van der Waals surface area contributed by atoms with Crippen molar-refractivity contribution in [1.82, 2.24) is 5.32 Å². The molecule has 2 nitrogen and oxygen atoms in total. The van der Waals surface area contributed by atoms with Gasteiger partial charge in [-0.3, -0.25) is 0 Å². The van der Waals surface area contributed by atoms with Gasteiger partial charge in [0.25, 0.3) is 0 Å². The Kier molecular flexibility index (Phi) is 6.23. The highest BCUT2D eigenvalue weighted by atomic mass is 16.5. The Morgan fingerprint density at radius 2 is 1.88 bits per heavy atom. The molecule has 0 aliphatic carbocycles. The fourth-order valence-electron chi connectivity index (χ4n) is 2.16. The van der Waals surface area contributed by atoms with Crippen molar-refractivity contribution in [2.45, 2.75) is 39.7 Å². The fourth-order valence-corrected chi connectivity index (χ4v) is 2.16. The van der Waals surface area contributed by atoms with Crippen LogP contribution in [0.5, 0.6) is 0 Å². The summed E-state index contributed by atoms with van der Waals surface area (Å²) in [5.41, 5.74) is 4.21. The van der Waals surface area contributed by atoms with Crippen LogP contribution in [0.2, 0.25) is 0 Å². The van der Waals surface area contributed by atoms with Gasteiger partial charge in [-0.2, -0.15) is 0 Å². The molecule has 17 heavy (non-hydrogen) atoms. The molecule has 0 spiro atoms. The van der Waals surface area contributed by atoms with Crippen molar-refractivity contribution < 1.29 is 4.74 Å². The fraction of sp³-hybridized carbons (Fsp3) is 0.600. The minimum Gasteiger partial charge on any atom is -0.383 e. The van der Waals surface area contributed by atoms with Crippen LogP contribution in [0, 0.1) is 13.8 Å². The summed E-state index contributed by atoms with van der Waals surface area (Å²) in [6, 6.07) is 6.91. The molecule has 1 atom stereocenters. The summed E-state index contributed by atoms with van der Waals surface area (Å²) >= 11 is 0. The summed E-state index contributed by atoms with van der Waals surface area (Å²) in [5, 5.41) is 3.55. The predicted octanol–water partition coefficient (Wildman–Crippen LogP) is 2.86. The SMILES string of the molecule is CCCNC(COC)Cc1c(C)cccc1C. The molecule has 0 saturated carbocycles. The third-order valence-corrected chi connectivity index (χ3v) is 3.15. The Hall–Kier alpha value is -0.860. The molecule has 1 N–H and O–H groups in total. The van der Waals surface area contributed by atoms with E-state index in [0.717, 1.165) is 26.0 Å². The van der Waals surface area contributed by atoms with Gasteiger partial charge in [0.05, 0.1) is 6.61 Å². The highest BCUT2D eigenvalue weighted by Gasteiger charge is 2.11. The van der Waals surface area contributed by atoms with Gasteiger partial charge in [-0.1, -0.05) is 25.1 Å². The largest absolute Gasteiger partial charge is 0.383 e. The van der Waals surface area contributed by atoms with Crippen LogP contribution < -0.4 is 5.32 Å². The zero-order valence-electron chi connectivity index (χ0n) is 11.5. The summed E-state index contributed by atoms with van der Waals surface area (Å²) in [6.45, 7) is 8.39. The molecule has 0 aromatic heterocycles. The molecule has 1 unspecified atom stereocenters. The number of aryl methyl sites for hydroxylation is 2. The Labute approximate surface area is 105 Å². The smallest absolute Gasteiger partial charge is 0.0619 e. The maximum absolute atomic E-state index is 5.29. The van der Waals surface area contributed by atoms with E-state index in [9.17, 15) is 0 Å². The van der Waals surface area contributed by atoms with Gasteiger partial charge in [0.1, 0.15) is 0 Å². The van der Waals surface area contributed by atoms with E-state index in [0.29, 0.717) is 6.04 Å². The number of benzene rings is 1. The van der Waals surface area contributed by atoms with E-state index >= 15 is 0 Å². The minimum absolute atomic E-state index is 0.416. The molecule has 96 valence electrons. The molecule has 0 aliphatic heterocycles. The first-order valence-electron chi connectivity index (χ1n) is 6.46. The van der Waals surface area contributed by atoms with Gasteiger partial charge in [0, 0.05) is 13.2 Å². The Bertz CT molecular complexity index is 315. The standard InChI is InChI=1S/C15H25NO/c1-5-9-16-14(11-17-4)10-15-12(2)7-6-8-13(15)3/h6-8,14,16H,5,9-11H2,1-4H3. The van der Waals surface area contributed by atoms with Crippen molar-refractivity contribution in [1.29, 1.82) is 0 Å². The number of nitrogens with one attached hydrogen (secondary N) is 1. The van der Waals surface area contributed by atoms with Gasteiger partial charge in [-0.15, -0.1) is 0 Å². The first kappa shape index (κ1) is 14.2. The summed E-state index contributed by atoms with van der Waals surface area (Å²) in [4.78, 5) is 0. The van der Waals surface area contributed by atoms with E-state index in [1.807, 2.05) is 0 Å². The maximum Gasteiger partial charge on any atom is 0.0619 e. The number of methoxy groups -OCH3 is 1. The van der Waals surface area contributed by atoms with E-state index in [1.165, 1.54) is 16.7 Å². The van der Waals surface area contributed by atoms with Gasteiger partial charge in [0.15, 0.2) is 0 Å². The normalized spacial score (nSPS) is 12.7. The van der Waals surface area contributed by atoms with Crippen LogP contribution in [0.1, 0.15) is 30.0 Å². The van der Waals surface area contributed by atoms with Gasteiger partial charge >= 0.3 is 0 Å². The van der Waals surface area contributed by atoms with Crippen LogP contribution in [-0.4, -0.2) is 26.3 Å². The van der Waals surface area contributed by atoms with Crippen molar-refractivity contribution in [2.24, 2.45) is 0 Å². The molecule has 0 aliphatic rings. The molecule has 0 bridgehead atoms. The van der Waals surface area contributed by atoms with Gasteiger partial charge in [-0.25, -0.2) is 0 Å². The maximum atomic E-state index is 5.29. The van der Waals surface area contributed by atoms with Crippen molar-refractivity contribution >= 4 is 0 Å². The van der Waals surface area contributed by atoms with Crippen molar-refractivity contribution in [3.8, 4) is 0 Å². The highest BCUT2D eigenvalue weighted by Crippen LogP contribution is 2.15. The molecule has 0 amide bonds. The van der Waals surface area contributed by atoms with Gasteiger partial charge in [0.2, 0.25) is 0 Å². The average molecular weight is 235 g/mol. The van der Waals surface area contributed by atoms with Gasteiger partial charge < -0.3 is 10.1 Å². The molecule has 1 rings (SSSR count). The van der Waals surface area contributed by atoms with E-state index in [1.54, 1.807) is 7.11 Å². The second-order valence-corrected chi connectivity index (χ2v) is 4.68. The minimum atomic E-state index is 0.416. The first-order valence-corrected chi connectivity index (χ1v) is 6.46. The highest BCUT2D eigenvalue weighted by molar-refractivity contribution is 5.34. The van der Waals surface area contributed by atoms with Crippen LogP contribution >= 0.6 is 0 Å². The summed E-state index contributed by atoms with van der Waals surface area (Å²) < 4.78 is 5.29. The third kappa shape index (κ3) is 4.49.